The van der Waals surface area contributed by atoms with Crippen LogP contribution < -0.4 is 0 Å². The molecule has 0 spiro atoms. The third-order valence-corrected chi connectivity index (χ3v) is 2.23. The molecule has 16 heavy (non-hydrogen) atoms. The number of non-ortho nitro benzene ring substituents is 1. The molecule has 0 aliphatic heterocycles. The fourth-order valence-electron chi connectivity index (χ4n) is 1.11. The molecule has 0 aliphatic rings. The lowest BCUT2D eigenvalue weighted by Crippen LogP contribution is -1.91. The molecule has 0 amide bonds. The molecule has 0 bridgehead atoms. The Balaban J connectivity index is 2.47. The Morgan fingerprint density at radius 2 is 2.25 bits per heavy atom. The van der Waals surface area contributed by atoms with Crippen LogP contribution in [0.3, 0.4) is 0 Å². The SMILES string of the molecule is O=[N+]([O-])c1ccc(-c2nc(I)no2)c(F)c1. The summed E-state index contributed by atoms with van der Waals surface area (Å²) >= 11 is 1.81. The van der Waals surface area contributed by atoms with Gasteiger partial charge in [0.2, 0.25) is 3.83 Å². The van der Waals surface area contributed by atoms with Gasteiger partial charge in [0.1, 0.15) is 5.82 Å². The number of hydrogen-bond acceptors (Lipinski definition) is 5. The van der Waals surface area contributed by atoms with Gasteiger partial charge in [0.25, 0.3) is 11.6 Å². The molecule has 0 aliphatic carbocycles. The lowest BCUT2D eigenvalue weighted by Gasteiger charge is -1.96. The minimum absolute atomic E-state index is 0.00296. The molecule has 0 saturated heterocycles. The van der Waals surface area contributed by atoms with E-state index in [1.807, 2.05) is 22.6 Å². The van der Waals surface area contributed by atoms with E-state index in [2.05, 4.69) is 10.1 Å². The Kier molecular flexibility index (Phi) is 2.81. The molecule has 1 heterocycles. The summed E-state index contributed by atoms with van der Waals surface area (Å²) in [5.41, 5.74) is -0.281. The Labute approximate surface area is 102 Å². The molecule has 1 aromatic heterocycles. The Morgan fingerprint density at radius 1 is 1.50 bits per heavy atom. The van der Waals surface area contributed by atoms with Crippen molar-refractivity contribution in [2.24, 2.45) is 0 Å². The van der Waals surface area contributed by atoms with Crippen molar-refractivity contribution < 1.29 is 13.8 Å². The zero-order valence-electron chi connectivity index (χ0n) is 7.55. The van der Waals surface area contributed by atoms with Crippen LogP contribution in [0.4, 0.5) is 10.1 Å². The first-order valence-corrected chi connectivity index (χ1v) is 5.09. The normalized spacial score (nSPS) is 10.4. The van der Waals surface area contributed by atoms with E-state index in [1.54, 1.807) is 0 Å². The van der Waals surface area contributed by atoms with Crippen molar-refractivity contribution >= 4 is 28.3 Å². The molecule has 1 aromatic carbocycles. The second-order valence-corrected chi connectivity index (χ2v) is 3.75. The predicted molar refractivity (Wildman–Crippen MR) is 59.1 cm³/mol. The van der Waals surface area contributed by atoms with Gasteiger partial charge in [-0.2, -0.15) is 4.98 Å². The van der Waals surface area contributed by atoms with Gasteiger partial charge >= 0.3 is 0 Å². The van der Waals surface area contributed by atoms with Crippen LogP contribution in [0.2, 0.25) is 0 Å². The fraction of sp³-hybridized carbons (Fsp3) is 0. The topological polar surface area (TPSA) is 82.1 Å². The fourth-order valence-corrected chi connectivity index (χ4v) is 1.42. The number of nitro groups is 1. The van der Waals surface area contributed by atoms with E-state index in [9.17, 15) is 14.5 Å². The van der Waals surface area contributed by atoms with Crippen molar-refractivity contribution in [3.8, 4) is 11.5 Å². The molecule has 0 radical (unpaired) electrons. The van der Waals surface area contributed by atoms with E-state index in [4.69, 9.17) is 4.52 Å². The maximum absolute atomic E-state index is 13.5. The minimum atomic E-state index is -0.769. The second-order valence-electron chi connectivity index (χ2n) is 2.79. The van der Waals surface area contributed by atoms with E-state index in [-0.39, 0.29) is 17.1 Å². The highest BCUT2D eigenvalue weighted by molar-refractivity contribution is 14.1. The summed E-state index contributed by atoms with van der Waals surface area (Å²) < 4.78 is 18.6. The highest BCUT2D eigenvalue weighted by Crippen LogP contribution is 2.24. The molecule has 0 saturated carbocycles. The maximum atomic E-state index is 13.5. The summed E-state index contributed by atoms with van der Waals surface area (Å²) in [5.74, 6) is -0.772. The Morgan fingerprint density at radius 3 is 2.75 bits per heavy atom. The van der Waals surface area contributed by atoms with Crippen LogP contribution in [-0.4, -0.2) is 15.1 Å². The number of aromatic nitrogens is 2. The summed E-state index contributed by atoms with van der Waals surface area (Å²) in [6.45, 7) is 0. The van der Waals surface area contributed by atoms with E-state index in [0.29, 0.717) is 3.83 Å². The molecule has 0 atom stereocenters. The largest absolute Gasteiger partial charge is 0.333 e. The Bertz CT molecular complexity index is 557. The second kappa shape index (κ2) is 4.12. The van der Waals surface area contributed by atoms with Crippen molar-refractivity contribution in [2.45, 2.75) is 0 Å². The van der Waals surface area contributed by atoms with E-state index in [0.717, 1.165) is 6.07 Å². The van der Waals surface area contributed by atoms with Crippen LogP contribution in [0, 0.1) is 19.8 Å². The molecule has 2 rings (SSSR count). The molecular weight excluding hydrogens is 332 g/mol. The van der Waals surface area contributed by atoms with Gasteiger partial charge in [0, 0.05) is 28.7 Å². The van der Waals surface area contributed by atoms with Crippen LogP contribution in [0.25, 0.3) is 11.5 Å². The Hall–Kier alpha value is -1.58. The van der Waals surface area contributed by atoms with Gasteiger partial charge in [0.15, 0.2) is 0 Å². The standard InChI is InChI=1S/C8H3FIN3O3/c9-6-3-4(13(14)15)1-2-5(6)7-11-8(10)12-16-7/h1-3H. The zero-order valence-corrected chi connectivity index (χ0v) is 9.71. The predicted octanol–water partition coefficient (Wildman–Crippen LogP) is 2.39. The van der Waals surface area contributed by atoms with Gasteiger partial charge in [-0.05, 0) is 6.07 Å². The molecular formula is C8H3FIN3O3. The van der Waals surface area contributed by atoms with Gasteiger partial charge in [0.05, 0.1) is 16.6 Å². The molecule has 2 aromatic rings. The van der Waals surface area contributed by atoms with Gasteiger partial charge in [-0.15, -0.1) is 0 Å². The third kappa shape index (κ3) is 2.01. The van der Waals surface area contributed by atoms with Gasteiger partial charge in [-0.25, -0.2) is 4.39 Å². The third-order valence-electron chi connectivity index (χ3n) is 1.80. The van der Waals surface area contributed by atoms with Crippen LogP contribution in [0.1, 0.15) is 0 Å². The number of benzene rings is 1. The highest BCUT2D eigenvalue weighted by atomic mass is 127. The van der Waals surface area contributed by atoms with Crippen LogP contribution in [0.15, 0.2) is 22.7 Å². The summed E-state index contributed by atoms with van der Waals surface area (Å²) in [6, 6.07) is 3.22. The monoisotopic (exact) mass is 335 g/mol. The lowest BCUT2D eigenvalue weighted by molar-refractivity contribution is -0.385. The smallest absolute Gasteiger partial charge is 0.272 e. The number of nitro benzene ring substituents is 1. The lowest BCUT2D eigenvalue weighted by atomic mass is 10.2. The summed E-state index contributed by atoms with van der Waals surface area (Å²) in [4.78, 5) is 13.5. The van der Waals surface area contributed by atoms with E-state index < -0.39 is 10.7 Å². The molecule has 0 unspecified atom stereocenters. The zero-order chi connectivity index (χ0) is 11.7. The van der Waals surface area contributed by atoms with Crippen molar-refractivity contribution in [3.63, 3.8) is 0 Å². The average Bonchev–Trinajstić information content (AvgIpc) is 2.64. The average molecular weight is 335 g/mol. The first kappa shape index (κ1) is 10.9. The van der Waals surface area contributed by atoms with E-state index >= 15 is 0 Å². The molecule has 8 heteroatoms. The van der Waals surface area contributed by atoms with Gasteiger partial charge in [-0.1, -0.05) is 5.16 Å². The van der Waals surface area contributed by atoms with Crippen LogP contribution in [0.5, 0.6) is 0 Å². The van der Waals surface area contributed by atoms with Crippen molar-refractivity contribution in [3.05, 3.63) is 38.0 Å². The summed E-state index contributed by atoms with van der Waals surface area (Å²) in [7, 11) is 0. The summed E-state index contributed by atoms with van der Waals surface area (Å²) in [6.07, 6.45) is 0. The van der Waals surface area contributed by atoms with Crippen molar-refractivity contribution in [1.82, 2.24) is 10.1 Å². The molecule has 0 N–H and O–H groups in total. The number of hydrogen-bond donors (Lipinski definition) is 0. The first-order chi connectivity index (χ1) is 7.58. The molecule has 82 valence electrons. The molecule has 0 fully saturated rings. The van der Waals surface area contributed by atoms with Gasteiger partial charge in [-0.3, -0.25) is 10.1 Å². The first-order valence-electron chi connectivity index (χ1n) is 4.01. The van der Waals surface area contributed by atoms with Crippen molar-refractivity contribution in [1.29, 1.82) is 0 Å². The maximum Gasteiger partial charge on any atom is 0.272 e. The van der Waals surface area contributed by atoms with Gasteiger partial charge < -0.3 is 4.52 Å². The van der Waals surface area contributed by atoms with Crippen LogP contribution >= 0.6 is 22.6 Å². The van der Waals surface area contributed by atoms with E-state index in [1.165, 1.54) is 12.1 Å². The van der Waals surface area contributed by atoms with Crippen molar-refractivity contribution in [2.75, 3.05) is 0 Å². The number of rotatable bonds is 2. The van der Waals surface area contributed by atoms with Crippen LogP contribution in [-0.2, 0) is 0 Å². The number of halogens is 2. The highest BCUT2D eigenvalue weighted by Gasteiger charge is 2.16. The minimum Gasteiger partial charge on any atom is -0.333 e. The molecule has 6 nitrogen and oxygen atoms in total. The number of nitrogens with zero attached hydrogens (tertiary/aromatic N) is 3. The quantitative estimate of drug-likeness (QED) is 0.478. The summed E-state index contributed by atoms with van der Waals surface area (Å²) in [5, 5.41) is 13.9.